The molecule has 0 rings (SSSR count). The van der Waals surface area contributed by atoms with Gasteiger partial charge in [-0.1, -0.05) is 26.2 Å². The quantitative estimate of drug-likeness (QED) is 0.119. The Kier molecular flexibility index (Phi) is 16.3. The summed E-state index contributed by atoms with van der Waals surface area (Å²) in [5, 5.41) is 0. The first-order valence-corrected chi connectivity index (χ1v) is 42.5. The summed E-state index contributed by atoms with van der Waals surface area (Å²) in [6, 6.07) is 0. The van der Waals surface area contributed by atoms with E-state index in [1.807, 2.05) is 26.2 Å². The lowest BCUT2D eigenvalue weighted by Gasteiger charge is -2.46. The highest BCUT2D eigenvalue weighted by atomic mass is 28.6. The second-order valence-electron chi connectivity index (χ2n) is 15.6. The molecule has 0 aliphatic rings. The van der Waals surface area contributed by atoms with E-state index in [-0.39, 0.29) is 0 Å². The molecular formula is C22H64O9Si10. The Labute approximate surface area is 265 Å². The molecule has 0 N–H and O–H groups in total. The predicted octanol–water partition coefficient (Wildman–Crippen LogP) is 7.34. The fourth-order valence-corrected chi connectivity index (χ4v) is 39.6. The molecule has 0 aromatic heterocycles. The molecule has 0 heterocycles. The molecule has 3 unspecified atom stereocenters. The molecule has 0 bridgehead atoms. The van der Waals surface area contributed by atoms with Crippen molar-refractivity contribution in [2.75, 3.05) is 12.5 Å². The molecular weight excluding hydrogens is 689 g/mol. The molecule has 19 heteroatoms. The van der Waals surface area contributed by atoms with E-state index in [0.29, 0.717) is 12.5 Å². The summed E-state index contributed by atoms with van der Waals surface area (Å²) in [6.07, 6.45) is 1.21. The van der Waals surface area contributed by atoms with Gasteiger partial charge in [-0.2, -0.15) is 0 Å². The molecule has 2 radical (unpaired) electrons. The zero-order valence-electron chi connectivity index (χ0n) is 30.1. The van der Waals surface area contributed by atoms with Crippen molar-refractivity contribution >= 4 is 86.1 Å². The maximum Gasteiger partial charge on any atom is 0.482 e. The van der Waals surface area contributed by atoms with E-state index in [1.165, 1.54) is 0 Å². The van der Waals surface area contributed by atoms with Crippen LogP contribution < -0.4 is 0 Å². The summed E-state index contributed by atoms with van der Waals surface area (Å²) in [5.41, 5.74) is 0. The van der Waals surface area contributed by atoms with Crippen LogP contribution >= 0.6 is 0 Å². The van der Waals surface area contributed by atoms with Gasteiger partial charge < -0.3 is 37.7 Å². The predicted molar refractivity (Wildman–Crippen MR) is 194 cm³/mol. The SMILES string of the molecule is C[Si](C)CO[Si](C)(O[Si](C)(C)C)O[Si](C)(OC[Si](C)C)O[Si](C)(O[Si](C)(C)C)O[Si](C)(O[Si](C)(C)C)O[Si](C)(C)C. The first-order valence-electron chi connectivity index (χ1n) is 14.6. The Balaban J connectivity index is 6.84. The third kappa shape index (κ3) is 21.3. The van der Waals surface area contributed by atoms with E-state index in [2.05, 4.69) is 105 Å². The van der Waals surface area contributed by atoms with Crippen LogP contribution in [0.2, 0.25) is 131 Å². The van der Waals surface area contributed by atoms with Crippen molar-refractivity contribution in [2.45, 2.75) is 131 Å². The average molecular weight is 754 g/mol. The zero-order chi connectivity index (χ0) is 32.9. The summed E-state index contributed by atoms with van der Waals surface area (Å²) in [6.45, 7) is 42.6. The molecule has 246 valence electrons. The Hall–Kier alpha value is 1.81. The maximum absolute atomic E-state index is 7.04. The number of rotatable bonds is 20. The summed E-state index contributed by atoms with van der Waals surface area (Å²) >= 11 is 0. The van der Waals surface area contributed by atoms with E-state index in [1.54, 1.807) is 0 Å². The molecule has 0 fully saturated rings. The van der Waals surface area contributed by atoms with Crippen LogP contribution in [0.1, 0.15) is 0 Å². The van der Waals surface area contributed by atoms with E-state index >= 15 is 0 Å². The van der Waals surface area contributed by atoms with Crippen LogP contribution in [0.25, 0.3) is 0 Å². The van der Waals surface area contributed by atoms with Crippen LogP contribution in [0.15, 0.2) is 0 Å². The Morgan fingerprint density at radius 2 is 0.512 bits per heavy atom. The van der Waals surface area contributed by atoms with E-state index in [9.17, 15) is 0 Å². The van der Waals surface area contributed by atoms with Gasteiger partial charge in [-0.3, -0.25) is 0 Å². The summed E-state index contributed by atoms with van der Waals surface area (Å²) in [5.74, 6) is 0. The van der Waals surface area contributed by atoms with Gasteiger partial charge in [0.25, 0.3) is 0 Å². The highest BCUT2D eigenvalue weighted by Crippen LogP contribution is 2.32. The van der Waals surface area contributed by atoms with Crippen molar-refractivity contribution in [3.05, 3.63) is 0 Å². The Morgan fingerprint density at radius 1 is 0.317 bits per heavy atom. The second kappa shape index (κ2) is 15.6. The highest BCUT2D eigenvalue weighted by Gasteiger charge is 2.59. The van der Waals surface area contributed by atoms with Crippen LogP contribution in [0.5, 0.6) is 0 Å². The van der Waals surface area contributed by atoms with Crippen molar-refractivity contribution in [3.8, 4) is 0 Å². The van der Waals surface area contributed by atoms with Crippen LogP contribution in [0.4, 0.5) is 0 Å². The summed E-state index contributed by atoms with van der Waals surface area (Å²) < 4.78 is 61.0. The van der Waals surface area contributed by atoms with E-state index in [0.717, 1.165) is 0 Å². The average Bonchev–Trinajstić information content (AvgIpc) is 2.57. The fraction of sp³-hybridized carbons (Fsp3) is 1.00. The van der Waals surface area contributed by atoms with Crippen molar-refractivity contribution in [3.63, 3.8) is 0 Å². The van der Waals surface area contributed by atoms with Crippen molar-refractivity contribution in [2.24, 2.45) is 0 Å². The van der Waals surface area contributed by atoms with Crippen molar-refractivity contribution in [1.82, 2.24) is 0 Å². The molecule has 41 heavy (non-hydrogen) atoms. The highest BCUT2D eigenvalue weighted by molar-refractivity contribution is 6.92. The third-order valence-corrected chi connectivity index (χ3v) is 32.3. The van der Waals surface area contributed by atoms with Crippen molar-refractivity contribution < 1.29 is 37.7 Å². The number of hydrogen-bond acceptors (Lipinski definition) is 9. The van der Waals surface area contributed by atoms with Crippen molar-refractivity contribution in [1.29, 1.82) is 0 Å². The minimum atomic E-state index is -3.46. The molecule has 0 aromatic carbocycles. The van der Waals surface area contributed by atoms with Crippen LogP contribution in [-0.2, 0) is 37.7 Å². The number of hydrogen-bond donors (Lipinski definition) is 0. The fourth-order valence-electron chi connectivity index (χ4n) is 4.07. The summed E-state index contributed by atoms with van der Waals surface area (Å²) in [7, 11) is -22.9. The lowest BCUT2D eigenvalue weighted by Crippen LogP contribution is -2.68. The van der Waals surface area contributed by atoms with Crippen LogP contribution in [0.3, 0.4) is 0 Å². The van der Waals surface area contributed by atoms with Gasteiger partial charge in [-0.15, -0.1) is 0 Å². The monoisotopic (exact) mass is 752 g/mol. The molecule has 0 aromatic rings. The molecule has 9 nitrogen and oxygen atoms in total. The Bertz CT molecular complexity index is 783. The molecule has 0 aliphatic carbocycles. The molecule has 0 spiro atoms. The van der Waals surface area contributed by atoms with Gasteiger partial charge in [-0.25, -0.2) is 0 Å². The molecule has 0 aliphatic heterocycles. The second-order valence-corrected chi connectivity index (χ2v) is 51.1. The van der Waals surface area contributed by atoms with E-state index in [4.69, 9.17) is 37.7 Å². The third-order valence-electron chi connectivity index (χ3n) is 4.32. The lowest BCUT2D eigenvalue weighted by molar-refractivity contribution is 0.0967. The van der Waals surface area contributed by atoms with Gasteiger partial charge >= 0.3 is 35.2 Å². The van der Waals surface area contributed by atoms with Gasteiger partial charge in [0.1, 0.15) is 0 Å². The van der Waals surface area contributed by atoms with E-state index < -0.39 is 86.1 Å². The van der Waals surface area contributed by atoms with Crippen LogP contribution in [0, 0.1) is 0 Å². The Morgan fingerprint density at radius 3 is 0.780 bits per heavy atom. The molecule has 0 saturated heterocycles. The first-order chi connectivity index (χ1) is 17.8. The maximum atomic E-state index is 7.04. The molecule has 3 atom stereocenters. The molecule has 0 saturated carbocycles. The standard InChI is InChI=1S/C22H64O9Si10/c1-32(2)21-23-38(17,25-34(5,6)7)29-39(18,24-22-33(3)4)30-41(20,28-37(14,15)16)31-40(19,26-35(8,9)10)27-36(11,12)13/h21-22H2,1-20H3. The van der Waals surface area contributed by atoms with Crippen LogP contribution in [-0.4, -0.2) is 98.5 Å². The smallest absolute Gasteiger partial charge is 0.417 e. The van der Waals surface area contributed by atoms with Gasteiger partial charge in [0.15, 0.2) is 33.3 Å². The minimum absolute atomic E-state index is 0.574. The first kappa shape index (κ1) is 42.8. The van der Waals surface area contributed by atoms with Gasteiger partial charge in [0.05, 0.1) is 17.6 Å². The zero-order valence-corrected chi connectivity index (χ0v) is 40.1. The normalized spacial score (nSPS) is 18.9. The minimum Gasteiger partial charge on any atom is -0.417 e. The topological polar surface area (TPSA) is 83.1 Å². The lowest BCUT2D eigenvalue weighted by atomic mass is 11.7. The largest absolute Gasteiger partial charge is 0.482 e. The van der Waals surface area contributed by atoms with Gasteiger partial charge in [0, 0.05) is 38.6 Å². The van der Waals surface area contributed by atoms with Gasteiger partial charge in [0.2, 0.25) is 0 Å². The molecule has 0 amide bonds. The van der Waals surface area contributed by atoms with Gasteiger partial charge in [-0.05, 0) is 78.6 Å². The summed E-state index contributed by atoms with van der Waals surface area (Å²) in [4.78, 5) is 0.